The molecule has 1 aliphatic rings. The zero-order valence-electron chi connectivity index (χ0n) is 17.6. The highest BCUT2D eigenvalue weighted by Gasteiger charge is 2.44. The first-order chi connectivity index (χ1) is 15.3. The Hall–Kier alpha value is -3.53. The molecule has 0 spiro atoms. The largest absolute Gasteiger partial charge is 0.494 e. The Morgan fingerprint density at radius 1 is 1.12 bits per heavy atom. The lowest BCUT2D eigenvalue weighted by molar-refractivity contribution is -0.130. The lowest BCUT2D eigenvalue weighted by Crippen LogP contribution is -2.49. The van der Waals surface area contributed by atoms with Crippen molar-refractivity contribution in [2.24, 2.45) is 0 Å². The van der Waals surface area contributed by atoms with Gasteiger partial charge in [-0.1, -0.05) is 12.1 Å². The minimum atomic E-state index is -1.05. The lowest BCUT2D eigenvalue weighted by Gasteiger charge is -2.24. The van der Waals surface area contributed by atoms with Gasteiger partial charge in [-0.3, -0.25) is 24.7 Å². The molecule has 0 aromatic heterocycles. The smallest absolute Gasteiger partial charge is 0.272 e. The molecule has 0 saturated carbocycles. The minimum Gasteiger partial charge on any atom is -0.494 e. The van der Waals surface area contributed by atoms with E-state index in [-0.39, 0.29) is 23.6 Å². The van der Waals surface area contributed by atoms with Crippen molar-refractivity contribution in [1.29, 1.82) is 0 Å². The highest BCUT2D eigenvalue weighted by atomic mass is 32.1. The molecule has 1 saturated heterocycles. The molecule has 32 heavy (non-hydrogen) atoms. The number of amides is 3. The van der Waals surface area contributed by atoms with Crippen molar-refractivity contribution in [1.82, 2.24) is 15.3 Å². The zero-order valence-corrected chi connectivity index (χ0v) is 18.4. The maximum Gasteiger partial charge on any atom is 0.272 e. The highest BCUT2D eigenvalue weighted by Crippen LogP contribution is 2.21. The van der Waals surface area contributed by atoms with Crippen molar-refractivity contribution in [3.63, 3.8) is 0 Å². The van der Waals surface area contributed by atoms with Gasteiger partial charge in [-0.25, -0.2) is 9.40 Å². The number of benzene rings is 2. The molecule has 2 aromatic carbocycles. The monoisotopic (exact) mass is 458 g/mol. The van der Waals surface area contributed by atoms with Gasteiger partial charge in [0.1, 0.15) is 17.6 Å². The number of carbonyl (C=O) groups is 3. The van der Waals surface area contributed by atoms with Crippen LogP contribution in [0.4, 0.5) is 10.1 Å². The Bertz CT molecular complexity index is 1030. The Labute approximate surface area is 190 Å². The highest BCUT2D eigenvalue weighted by molar-refractivity contribution is 7.80. The van der Waals surface area contributed by atoms with Crippen LogP contribution in [0.2, 0.25) is 0 Å². The minimum absolute atomic E-state index is 0.0426. The van der Waals surface area contributed by atoms with Crippen LogP contribution in [0.5, 0.6) is 5.75 Å². The standard InChI is InChI=1S/C22H23FN4O4S/c1-3-26-21(30)18(13-19(28)24-14-9-11-15(12-10-14)31-4-2)27(22(26)32)25-20(29)16-7-5-6-8-17(16)23/h5-12,18H,3-4,13H2,1-2H3,(H,24,28)(H,25,29). The summed E-state index contributed by atoms with van der Waals surface area (Å²) >= 11 is 5.32. The predicted molar refractivity (Wildman–Crippen MR) is 120 cm³/mol. The molecule has 1 atom stereocenters. The van der Waals surface area contributed by atoms with E-state index >= 15 is 0 Å². The number of rotatable bonds is 8. The van der Waals surface area contributed by atoms with Gasteiger partial charge in [0.25, 0.3) is 11.8 Å². The van der Waals surface area contributed by atoms with E-state index in [2.05, 4.69) is 10.7 Å². The van der Waals surface area contributed by atoms with Crippen molar-refractivity contribution in [3.8, 4) is 5.75 Å². The number of thiocarbonyl (C=S) groups is 1. The third-order valence-corrected chi connectivity index (χ3v) is 5.20. The molecule has 168 valence electrons. The number of hydrogen-bond donors (Lipinski definition) is 2. The summed E-state index contributed by atoms with van der Waals surface area (Å²) in [6, 6.07) is 11.2. The molecule has 2 N–H and O–H groups in total. The van der Waals surface area contributed by atoms with E-state index in [1.54, 1.807) is 31.2 Å². The summed E-state index contributed by atoms with van der Waals surface area (Å²) in [6.07, 6.45) is -0.264. The molecule has 1 heterocycles. The van der Waals surface area contributed by atoms with Gasteiger partial charge in [0.15, 0.2) is 5.11 Å². The number of hydrogen-bond acceptors (Lipinski definition) is 5. The van der Waals surface area contributed by atoms with Crippen LogP contribution in [-0.2, 0) is 9.59 Å². The van der Waals surface area contributed by atoms with E-state index in [9.17, 15) is 18.8 Å². The van der Waals surface area contributed by atoms with E-state index in [1.165, 1.54) is 23.1 Å². The maximum absolute atomic E-state index is 14.0. The molecule has 1 aliphatic heterocycles. The zero-order chi connectivity index (χ0) is 23.3. The summed E-state index contributed by atoms with van der Waals surface area (Å²) < 4.78 is 19.4. The molecule has 3 amide bonds. The normalized spacial score (nSPS) is 15.7. The van der Waals surface area contributed by atoms with Crippen molar-refractivity contribution >= 4 is 40.7 Å². The second kappa shape index (κ2) is 10.2. The number of halogens is 1. The third-order valence-electron chi connectivity index (χ3n) is 4.78. The van der Waals surface area contributed by atoms with Crippen LogP contribution in [0.1, 0.15) is 30.6 Å². The van der Waals surface area contributed by atoms with Gasteiger partial charge < -0.3 is 10.1 Å². The topological polar surface area (TPSA) is 91.0 Å². The molecule has 1 unspecified atom stereocenters. The average Bonchev–Trinajstić information content (AvgIpc) is 2.99. The molecule has 1 fully saturated rings. The molecule has 0 aliphatic carbocycles. The fraction of sp³-hybridized carbons (Fsp3) is 0.273. The van der Waals surface area contributed by atoms with Gasteiger partial charge in [-0.05, 0) is 62.5 Å². The van der Waals surface area contributed by atoms with E-state index in [4.69, 9.17) is 17.0 Å². The van der Waals surface area contributed by atoms with Crippen molar-refractivity contribution in [2.45, 2.75) is 26.3 Å². The lowest BCUT2D eigenvalue weighted by atomic mass is 10.1. The molecular formula is C22H23FN4O4S. The van der Waals surface area contributed by atoms with Crippen LogP contribution in [0.25, 0.3) is 0 Å². The van der Waals surface area contributed by atoms with Gasteiger partial charge in [0, 0.05) is 12.2 Å². The number of hydrazine groups is 1. The number of likely N-dealkylation sites (N-methyl/N-ethyl adjacent to an activating group) is 1. The van der Waals surface area contributed by atoms with Crippen molar-refractivity contribution in [3.05, 3.63) is 59.9 Å². The maximum atomic E-state index is 14.0. The number of nitrogens with one attached hydrogen (secondary N) is 2. The first-order valence-electron chi connectivity index (χ1n) is 10.1. The molecule has 8 nitrogen and oxygen atoms in total. The summed E-state index contributed by atoms with van der Waals surface area (Å²) in [7, 11) is 0. The molecular weight excluding hydrogens is 435 g/mol. The number of anilines is 1. The van der Waals surface area contributed by atoms with Crippen LogP contribution in [0, 0.1) is 5.82 Å². The summed E-state index contributed by atoms with van der Waals surface area (Å²) in [5, 5.41) is 3.90. The molecule has 10 heteroatoms. The van der Waals surface area contributed by atoms with Gasteiger partial charge in [0.2, 0.25) is 5.91 Å². The van der Waals surface area contributed by atoms with Crippen LogP contribution in [-0.4, -0.2) is 51.9 Å². The Kier molecular flexibility index (Phi) is 7.37. The van der Waals surface area contributed by atoms with Crippen molar-refractivity contribution < 1.29 is 23.5 Å². The van der Waals surface area contributed by atoms with Crippen LogP contribution in [0.15, 0.2) is 48.5 Å². The third kappa shape index (κ3) is 5.02. The van der Waals surface area contributed by atoms with Gasteiger partial charge in [-0.2, -0.15) is 0 Å². The molecule has 2 aromatic rings. The molecule has 3 rings (SSSR count). The summed E-state index contributed by atoms with van der Waals surface area (Å²) in [4.78, 5) is 39.3. The summed E-state index contributed by atoms with van der Waals surface area (Å²) in [5.74, 6) is -1.68. The van der Waals surface area contributed by atoms with E-state index in [1.807, 2.05) is 6.92 Å². The van der Waals surface area contributed by atoms with Crippen LogP contribution < -0.4 is 15.5 Å². The second-order valence-electron chi connectivity index (χ2n) is 6.88. The van der Waals surface area contributed by atoms with Crippen LogP contribution in [0.3, 0.4) is 0 Å². The summed E-state index contributed by atoms with van der Waals surface area (Å²) in [5.41, 5.74) is 2.81. The fourth-order valence-electron chi connectivity index (χ4n) is 3.25. The summed E-state index contributed by atoms with van der Waals surface area (Å²) in [6.45, 7) is 4.39. The Balaban J connectivity index is 1.73. The SMILES string of the molecule is CCOc1ccc(NC(=O)CC2C(=O)N(CC)C(=S)N2NC(=O)c2ccccc2F)cc1. The van der Waals surface area contributed by atoms with E-state index in [0.717, 1.165) is 11.1 Å². The van der Waals surface area contributed by atoms with E-state index < -0.39 is 29.6 Å². The number of carbonyl (C=O) groups excluding carboxylic acids is 3. The van der Waals surface area contributed by atoms with E-state index in [0.29, 0.717) is 18.0 Å². The van der Waals surface area contributed by atoms with Gasteiger partial charge >= 0.3 is 0 Å². The fourth-order valence-corrected chi connectivity index (χ4v) is 3.64. The first-order valence-corrected chi connectivity index (χ1v) is 10.5. The Morgan fingerprint density at radius 2 is 1.81 bits per heavy atom. The number of nitrogens with zero attached hydrogens (tertiary/aromatic N) is 2. The first kappa shape index (κ1) is 23.1. The average molecular weight is 459 g/mol. The molecule has 0 bridgehead atoms. The van der Waals surface area contributed by atoms with Gasteiger partial charge in [-0.15, -0.1) is 0 Å². The van der Waals surface area contributed by atoms with Gasteiger partial charge in [0.05, 0.1) is 18.6 Å². The Morgan fingerprint density at radius 3 is 2.44 bits per heavy atom. The number of ether oxygens (including phenoxy) is 1. The molecule has 0 radical (unpaired) electrons. The quantitative estimate of drug-likeness (QED) is 0.591. The van der Waals surface area contributed by atoms with Crippen LogP contribution >= 0.6 is 12.2 Å². The van der Waals surface area contributed by atoms with Crippen molar-refractivity contribution in [2.75, 3.05) is 18.5 Å². The second-order valence-corrected chi connectivity index (χ2v) is 7.25. The predicted octanol–water partition coefficient (Wildman–Crippen LogP) is 2.72.